The van der Waals surface area contributed by atoms with Crippen molar-refractivity contribution in [3.8, 4) is 5.75 Å². The first-order valence-electron chi connectivity index (χ1n) is 9.75. The molecule has 1 N–H and O–H groups in total. The molecule has 0 bridgehead atoms. The van der Waals surface area contributed by atoms with Gasteiger partial charge in [0.05, 0.1) is 4.90 Å². The predicted octanol–water partition coefficient (Wildman–Crippen LogP) is 4.05. The number of carbonyl (C=O) groups excluding carboxylic acids is 1. The maximum Gasteiger partial charge on any atom is 0.265 e. The highest BCUT2D eigenvalue weighted by molar-refractivity contribution is 7.89. The van der Waals surface area contributed by atoms with Gasteiger partial charge in [0, 0.05) is 18.8 Å². The summed E-state index contributed by atoms with van der Waals surface area (Å²) >= 11 is 0. The molecule has 0 aliphatic heterocycles. The van der Waals surface area contributed by atoms with Gasteiger partial charge in [-0.1, -0.05) is 26.0 Å². The molecule has 158 valence electrons. The summed E-state index contributed by atoms with van der Waals surface area (Å²) < 4.78 is 32.9. The molecule has 1 atom stereocenters. The Morgan fingerprint density at radius 2 is 1.76 bits per heavy atom. The number of aryl methyl sites for hydroxylation is 2. The maximum atomic E-state index is 12.9. The molecule has 1 unspecified atom stereocenters. The van der Waals surface area contributed by atoms with Crippen molar-refractivity contribution in [1.29, 1.82) is 0 Å². The molecular weight excluding hydrogens is 388 g/mol. The Hall–Kier alpha value is -2.38. The van der Waals surface area contributed by atoms with Gasteiger partial charge in [-0.3, -0.25) is 4.79 Å². The number of anilines is 1. The fraction of sp³-hybridized carbons (Fsp3) is 0.409. The Labute approximate surface area is 173 Å². The summed E-state index contributed by atoms with van der Waals surface area (Å²) in [7, 11) is -3.62. The van der Waals surface area contributed by atoms with E-state index >= 15 is 0 Å². The first kappa shape index (κ1) is 22.9. The van der Waals surface area contributed by atoms with E-state index in [0.29, 0.717) is 24.5 Å². The van der Waals surface area contributed by atoms with E-state index in [-0.39, 0.29) is 10.8 Å². The number of rotatable bonds is 8. The SMILES string of the molecule is CCN(CC)S(=O)(=O)c1cc(C)c(C)c(NC(=O)C(C)Oc2cccc(C)c2)c1. The van der Waals surface area contributed by atoms with Crippen molar-refractivity contribution in [3.05, 3.63) is 53.1 Å². The Morgan fingerprint density at radius 1 is 1.10 bits per heavy atom. The van der Waals surface area contributed by atoms with Crippen LogP contribution in [0.4, 0.5) is 5.69 Å². The second-order valence-electron chi connectivity index (χ2n) is 7.07. The minimum Gasteiger partial charge on any atom is -0.481 e. The quantitative estimate of drug-likeness (QED) is 0.702. The van der Waals surface area contributed by atoms with Crippen LogP contribution in [0.25, 0.3) is 0 Å². The average molecular weight is 419 g/mol. The summed E-state index contributed by atoms with van der Waals surface area (Å²) in [5.41, 5.74) is 3.12. The molecule has 2 aromatic rings. The number of nitrogens with zero attached hydrogens (tertiary/aromatic N) is 1. The lowest BCUT2D eigenvalue weighted by molar-refractivity contribution is -0.122. The van der Waals surface area contributed by atoms with Crippen molar-refractivity contribution in [2.24, 2.45) is 0 Å². The van der Waals surface area contributed by atoms with Crippen molar-refractivity contribution >= 4 is 21.6 Å². The molecule has 0 aliphatic carbocycles. The van der Waals surface area contributed by atoms with Crippen molar-refractivity contribution in [2.75, 3.05) is 18.4 Å². The second kappa shape index (κ2) is 9.41. The van der Waals surface area contributed by atoms with E-state index < -0.39 is 16.1 Å². The van der Waals surface area contributed by atoms with E-state index in [1.165, 1.54) is 10.4 Å². The predicted molar refractivity (Wildman–Crippen MR) is 116 cm³/mol. The van der Waals surface area contributed by atoms with Gasteiger partial charge in [-0.05, 0) is 68.7 Å². The highest BCUT2D eigenvalue weighted by atomic mass is 32.2. The molecule has 0 radical (unpaired) electrons. The lowest BCUT2D eigenvalue weighted by Gasteiger charge is -2.21. The van der Waals surface area contributed by atoms with Gasteiger partial charge in [-0.25, -0.2) is 8.42 Å². The number of amides is 1. The first-order valence-corrected chi connectivity index (χ1v) is 11.2. The van der Waals surface area contributed by atoms with Gasteiger partial charge < -0.3 is 10.1 Å². The van der Waals surface area contributed by atoms with Crippen LogP contribution in [0, 0.1) is 20.8 Å². The number of hydrogen-bond acceptors (Lipinski definition) is 4. The van der Waals surface area contributed by atoms with Gasteiger partial charge in [-0.15, -0.1) is 0 Å². The summed E-state index contributed by atoms with van der Waals surface area (Å²) in [5, 5.41) is 2.83. The first-order chi connectivity index (χ1) is 13.6. The van der Waals surface area contributed by atoms with Crippen LogP contribution in [0.5, 0.6) is 5.75 Å². The Balaban J connectivity index is 2.28. The van der Waals surface area contributed by atoms with Crippen molar-refractivity contribution < 1.29 is 17.9 Å². The van der Waals surface area contributed by atoms with Gasteiger partial charge in [0.1, 0.15) is 5.75 Å². The third-order valence-electron chi connectivity index (χ3n) is 4.91. The third-order valence-corrected chi connectivity index (χ3v) is 6.94. The minimum atomic E-state index is -3.62. The molecular formula is C22H30N2O4S. The minimum absolute atomic E-state index is 0.173. The molecule has 0 aromatic heterocycles. The molecule has 0 aliphatic rings. The van der Waals surface area contributed by atoms with E-state index in [1.807, 2.05) is 39.0 Å². The van der Waals surface area contributed by atoms with Crippen molar-refractivity contribution in [1.82, 2.24) is 4.31 Å². The number of carbonyl (C=O) groups is 1. The lowest BCUT2D eigenvalue weighted by Crippen LogP contribution is -2.32. The zero-order chi connectivity index (χ0) is 21.8. The summed E-state index contributed by atoms with van der Waals surface area (Å²) in [6, 6.07) is 10.6. The fourth-order valence-electron chi connectivity index (χ4n) is 3.00. The molecule has 7 heteroatoms. The molecule has 6 nitrogen and oxygen atoms in total. The van der Waals surface area contributed by atoms with Crippen LogP contribution in [-0.2, 0) is 14.8 Å². The van der Waals surface area contributed by atoms with Crippen LogP contribution >= 0.6 is 0 Å². The van der Waals surface area contributed by atoms with Crippen molar-refractivity contribution in [2.45, 2.75) is 52.5 Å². The van der Waals surface area contributed by atoms with E-state index in [4.69, 9.17) is 4.74 Å². The van der Waals surface area contributed by atoms with Gasteiger partial charge in [0.25, 0.3) is 5.91 Å². The normalized spacial score (nSPS) is 12.7. The molecule has 0 heterocycles. The Morgan fingerprint density at radius 3 is 2.34 bits per heavy atom. The fourth-order valence-corrected chi connectivity index (χ4v) is 4.57. The highest BCUT2D eigenvalue weighted by Crippen LogP contribution is 2.26. The van der Waals surface area contributed by atoms with E-state index in [9.17, 15) is 13.2 Å². The standard InChI is InChI=1S/C22H30N2O4S/c1-7-24(8-2)29(26,27)20-13-16(4)17(5)21(14-20)23-22(25)18(6)28-19-11-9-10-15(3)12-19/h9-14,18H,7-8H2,1-6H3,(H,23,25). The Bertz CT molecular complexity index is 982. The van der Waals surface area contributed by atoms with Gasteiger partial charge >= 0.3 is 0 Å². The number of ether oxygens (including phenoxy) is 1. The molecule has 0 spiro atoms. The zero-order valence-electron chi connectivity index (χ0n) is 17.9. The summed E-state index contributed by atoms with van der Waals surface area (Å²) in [6.45, 7) is 11.7. The number of sulfonamides is 1. The van der Waals surface area contributed by atoms with Crippen LogP contribution in [-0.4, -0.2) is 37.8 Å². The second-order valence-corrected chi connectivity index (χ2v) is 9.01. The largest absolute Gasteiger partial charge is 0.481 e. The summed E-state index contributed by atoms with van der Waals surface area (Å²) in [5.74, 6) is 0.268. The number of benzene rings is 2. The molecule has 2 aromatic carbocycles. The lowest BCUT2D eigenvalue weighted by atomic mass is 10.1. The topological polar surface area (TPSA) is 75.7 Å². The van der Waals surface area contributed by atoms with Crippen LogP contribution in [0.15, 0.2) is 41.3 Å². The van der Waals surface area contributed by atoms with E-state index in [2.05, 4.69) is 5.32 Å². The summed E-state index contributed by atoms with van der Waals surface area (Å²) in [4.78, 5) is 12.8. The van der Waals surface area contributed by atoms with Gasteiger partial charge in [0.2, 0.25) is 10.0 Å². The molecule has 0 fully saturated rings. The number of hydrogen-bond donors (Lipinski definition) is 1. The highest BCUT2D eigenvalue weighted by Gasteiger charge is 2.24. The zero-order valence-corrected chi connectivity index (χ0v) is 18.8. The Kier molecular flexibility index (Phi) is 7.43. The summed E-state index contributed by atoms with van der Waals surface area (Å²) in [6.07, 6.45) is -0.737. The number of nitrogens with one attached hydrogen (secondary N) is 1. The van der Waals surface area contributed by atoms with Gasteiger partial charge in [-0.2, -0.15) is 4.31 Å². The molecule has 0 saturated heterocycles. The smallest absolute Gasteiger partial charge is 0.265 e. The van der Waals surface area contributed by atoms with Crippen molar-refractivity contribution in [3.63, 3.8) is 0 Å². The molecule has 1 amide bonds. The van der Waals surface area contributed by atoms with Crippen LogP contribution in [0.2, 0.25) is 0 Å². The molecule has 0 saturated carbocycles. The average Bonchev–Trinajstić information content (AvgIpc) is 2.65. The van der Waals surface area contributed by atoms with Gasteiger partial charge in [0.15, 0.2) is 6.10 Å². The van der Waals surface area contributed by atoms with Crippen LogP contribution < -0.4 is 10.1 Å². The molecule has 2 rings (SSSR count). The van der Waals surface area contributed by atoms with Crippen LogP contribution in [0.1, 0.15) is 37.5 Å². The van der Waals surface area contributed by atoms with E-state index in [0.717, 1.165) is 16.7 Å². The van der Waals surface area contributed by atoms with E-state index in [1.54, 1.807) is 32.9 Å². The monoisotopic (exact) mass is 418 g/mol. The third kappa shape index (κ3) is 5.36. The maximum absolute atomic E-state index is 12.9. The molecule has 29 heavy (non-hydrogen) atoms. The van der Waals surface area contributed by atoms with Crippen LogP contribution in [0.3, 0.4) is 0 Å².